The second-order valence-electron chi connectivity index (χ2n) is 6.79. The highest BCUT2D eigenvalue weighted by molar-refractivity contribution is 7.89. The zero-order valence-corrected chi connectivity index (χ0v) is 13.9. The van der Waals surface area contributed by atoms with E-state index in [1.807, 2.05) is 7.05 Å². The Balaban J connectivity index is 2.72. The molecule has 1 fully saturated rings. The smallest absolute Gasteiger partial charge is 0.216 e. The number of sulfonamides is 1. The first kappa shape index (κ1) is 16.9. The number of likely N-dealkylation sites (N-methyl/N-ethyl adjacent to an activating group) is 2. The molecule has 1 atom stereocenters. The lowest BCUT2D eigenvalue weighted by Gasteiger charge is -2.35. The van der Waals surface area contributed by atoms with E-state index in [4.69, 9.17) is 0 Å². The van der Waals surface area contributed by atoms with Crippen molar-refractivity contribution in [2.75, 3.05) is 20.6 Å². The maximum absolute atomic E-state index is 12.6. The second-order valence-corrected chi connectivity index (χ2v) is 9.11. The average Bonchev–Trinajstić information content (AvgIpc) is 2.35. The van der Waals surface area contributed by atoms with Gasteiger partial charge in [0.25, 0.3) is 0 Å². The fourth-order valence-electron chi connectivity index (χ4n) is 2.78. The van der Waals surface area contributed by atoms with Crippen molar-refractivity contribution >= 4 is 10.0 Å². The lowest BCUT2D eigenvalue weighted by molar-refractivity contribution is 0.244. The minimum atomic E-state index is -3.13. The molecular weight excluding hydrogens is 260 g/mol. The molecule has 0 aliphatic heterocycles. The highest BCUT2D eigenvalue weighted by Gasteiger charge is 2.34. The maximum Gasteiger partial charge on any atom is 0.216 e. The summed E-state index contributed by atoms with van der Waals surface area (Å²) < 4.78 is 26.7. The predicted octanol–water partition coefficient (Wildman–Crippen LogP) is 2.21. The highest BCUT2D eigenvalue weighted by Crippen LogP contribution is 2.27. The van der Waals surface area contributed by atoms with Gasteiger partial charge in [-0.05, 0) is 25.3 Å². The molecule has 0 radical (unpaired) electrons. The molecule has 0 saturated heterocycles. The summed E-state index contributed by atoms with van der Waals surface area (Å²) in [5.74, 6) is 0. The van der Waals surface area contributed by atoms with Crippen molar-refractivity contribution in [2.45, 2.75) is 64.2 Å². The van der Waals surface area contributed by atoms with Crippen molar-refractivity contribution in [3.63, 3.8) is 0 Å². The van der Waals surface area contributed by atoms with Gasteiger partial charge in [-0.25, -0.2) is 12.7 Å². The number of nitrogens with zero attached hydrogens (tertiary/aromatic N) is 1. The Morgan fingerprint density at radius 2 is 1.74 bits per heavy atom. The monoisotopic (exact) mass is 290 g/mol. The van der Waals surface area contributed by atoms with E-state index in [1.54, 1.807) is 11.4 Å². The van der Waals surface area contributed by atoms with Gasteiger partial charge in [-0.2, -0.15) is 0 Å². The Kier molecular flexibility index (Phi) is 5.83. The summed E-state index contributed by atoms with van der Waals surface area (Å²) in [7, 11) is 0.488. The lowest BCUT2D eigenvalue weighted by Crippen LogP contribution is -2.49. The van der Waals surface area contributed by atoms with Gasteiger partial charge in [0.05, 0.1) is 5.25 Å². The first-order valence-electron chi connectivity index (χ1n) is 7.32. The van der Waals surface area contributed by atoms with E-state index in [2.05, 4.69) is 26.1 Å². The van der Waals surface area contributed by atoms with Crippen LogP contribution in [0.4, 0.5) is 0 Å². The standard InChI is InChI=1S/C14H30N2O2S/c1-14(2,3)13(15-4)11-16(5)19(17,18)12-9-7-6-8-10-12/h12-13,15H,6-11H2,1-5H3/t13-/m1/s1. The Morgan fingerprint density at radius 3 is 2.16 bits per heavy atom. The molecule has 114 valence electrons. The van der Waals surface area contributed by atoms with E-state index in [-0.39, 0.29) is 16.7 Å². The van der Waals surface area contributed by atoms with Crippen molar-refractivity contribution in [2.24, 2.45) is 5.41 Å². The third kappa shape index (κ3) is 4.43. The van der Waals surface area contributed by atoms with E-state index in [1.165, 1.54) is 6.42 Å². The van der Waals surface area contributed by atoms with Crippen LogP contribution in [-0.2, 0) is 10.0 Å². The largest absolute Gasteiger partial charge is 0.315 e. The number of hydrogen-bond acceptors (Lipinski definition) is 3. The summed E-state index contributed by atoms with van der Waals surface area (Å²) in [4.78, 5) is 0. The predicted molar refractivity (Wildman–Crippen MR) is 80.7 cm³/mol. The van der Waals surface area contributed by atoms with Crippen LogP contribution in [0.25, 0.3) is 0 Å². The van der Waals surface area contributed by atoms with Crippen LogP contribution in [0.5, 0.6) is 0 Å². The van der Waals surface area contributed by atoms with Crippen molar-refractivity contribution in [3.8, 4) is 0 Å². The van der Waals surface area contributed by atoms with E-state index in [0.717, 1.165) is 25.7 Å². The first-order chi connectivity index (χ1) is 8.69. The van der Waals surface area contributed by atoms with Crippen LogP contribution < -0.4 is 5.32 Å². The molecule has 0 bridgehead atoms. The van der Waals surface area contributed by atoms with Gasteiger partial charge in [0.15, 0.2) is 0 Å². The third-order valence-corrected chi connectivity index (χ3v) is 6.57. The topological polar surface area (TPSA) is 49.4 Å². The molecule has 19 heavy (non-hydrogen) atoms. The van der Waals surface area contributed by atoms with Crippen LogP contribution in [0.15, 0.2) is 0 Å². The van der Waals surface area contributed by atoms with Crippen molar-refractivity contribution in [1.29, 1.82) is 0 Å². The first-order valence-corrected chi connectivity index (χ1v) is 8.82. The van der Waals surface area contributed by atoms with Gasteiger partial charge >= 0.3 is 0 Å². The Labute approximate surface area is 119 Å². The van der Waals surface area contributed by atoms with Crippen LogP contribution in [0.1, 0.15) is 52.9 Å². The summed E-state index contributed by atoms with van der Waals surface area (Å²) in [6, 6.07) is 0.163. The molecule has 5 heteroatoms. The molecule has 1 N–H and O–H groups in total. The molecule has 0 aromatic heterocycles. The molecule has 4 nitrogen and oxygen atoms in total. The van der Waals surface area contributed by atoms with E-state index in [9.17, 15) is 8.42 Å². The molecule has 1 saturated carbocycles. The minimum Gasteiger partial charge on any atom is -0.315 e. The van der Waals surface area contributed by atoms with Crippen LogP contribution in [0.3, 0.4) is 0 Å². The van der Waals surface area contributed by atoms with Gasteiger partial charge in [0.2, 0.25) is 10.0 Å². The highest BCUT2D eigenvalue weighted by atomic mass is 32.2. The van der Waals surface area contributed by atoms with Crippen LogP contribution >= 0.6 is 0 Å². The number of nitrogens with one attached hydrogen (secondary N) is 1. The minimum absolute atomic E-state index is 0.0467. The molecule has 1 rings (SSSR count). The molecule has 0 amide bonds. The van der Waals surface area contributed by atoms with Gasteiger partial charge in [-0.1, -0.05) is 40.0 Å². The summed E-state index contributed by atoms with van der Waals surface area (Å²) in [5, 5.41) is 3.08. The molecule has 0 aromatic carbocycles. The molecule has 1 aliphatic carbocycles. The quantitative estimate of drug-likeness (QED) is 0.844. The number of hydrogen-bond donors (Lipinski definition) is 1. The van der Waals surface area contributed by atoms with Crippen molar-refractivity contribution in [3.05, 3.63) is 0 Å². The number of rotatable bonds is 5. The van der Waals surface area contributed by atoms with Crippen LogP contribution in [0.2, 0.25) is 0 Å². The summed E-state index contributed by atoms with van der Waals surface area (Å²) in [6.07, 6.45) is 4.93. The van der Waals surface area contributed by atoms with Crippen molar-refractivity contribution in [1.82, 2.24) is 9.62 Å². The lowest BCUT2D eigenvalue weighted by atomic mass is 9.87. The second kappa shape index (κ2) is 6.55. The van der Waals surface area contributed by atoms with Gasteiger partial charge < -0.3 is 5.32 Å². The molecule has 0 heterocycles. The molecule has 1 aliphatic rings. The molecular formula is C14H30N2O2S. The average molecular weight is 290 g/mol. The van der Waals surface area contributed by atoms with Gasteiger partial charge in [-0.3, -0.25) is 0 Å². The third-order valence-electron chi connectivity index (χ3n) is 4.24. The Morgan fingerprint density at radius 1 is 1.21 bits per heavy atom. The van der Waals surface area contributed by atoms with Crippen LogP contribution in [0, 0.1) is 5.41 Å². The normalized spacial score (nSPS) is 20.7. The molecule has 0 unspecified atom stereocenters. The van der Waals surface area contributed by atoms with Gasteiger partial charge in [-0.15, -0.1) is 0 Å². The van der Waals surface area contributed by atoms with E-state index in [0.29, 0.717) is 6.54 Å². The SMILES string of the molecule is CN[C@H](CN(C)S(=O)(=O)C1CCCCC1)C(C)(C)C. The molecule has 0 spiro atoms. The summed E-state index contributed by atoms with van der Waals surface area (Å²) in [6.45, 7) is 6.94. The Bertz CT molecular complexity index is 367. The summed E-state index contributed by atoms with van der Waals surface area (Å²) in [5.41, 5.74) is 0.0467. The Hall–Kier alpha value is -0.130. The summed E-state index contributed by atoms with van der Waals surface area (Å²) >= 11 is 0. The fourth-order valence-corrected chi connectivity index (χ4v) is 4.57. The zero-order valence-electron chi connectivity index (χ0n) is 13.1. The van der Waals surface area contributed by atoms with Crippen molar-refractivity contribution < 1.29 is 8.42 Å². The maximum atomic E-state index is 12.6. The fraction of sp³-hybridized carbons (Fsp3) is 1.00. The van der Waals surface area contributed by atoms with Gasteiger partial charge in [0.1, 0.15) is 0 Å². The molecule has 0 aromatic rings. The zero-order chi connectivity index (χ0) is 14.7. The van der Waals surface area contributed by atoms with E-state index < -0.39 is 10.0 Å². The van der Waals surface area contributed by atoms with Crippen LogP contribution in [-0.4, -0.2) is 44.7 Å². The van der Waals surface area contributed by atoms with E-state index >= 15 is 0 Å². The van der Waals surface area contributed by atoms with Gasteiger partial charge in [0, 0.05) is 19.6 Å².